The molecule has 70 valence electrons. The van der Waals surface area contributed by atoms with E-state index >= 15 is 0 Å². The molecular weight excluding hydrogens is 170 g/mol. The van der Waals surface area contributed by atoms with Gasteiger partial charge in [-0.1, -0.05) is 0 Å². The van der Waals surface area contributed by atoms with Crippen LogP contribution in [0.5, 0.6) is 0 Å². The first-order chi connectivity index (χ1) is 6.27. The first kappa shape index (κ1) is 8.31. The summed E-state index contributed by atoms with van der Waals surface area (Å²) in [6.07, 6.45) is 0.872. The molecule has 0 radical (unpaired) electrons. The average Bonchev–Trinajstić information content (AvgIpc) is 2.72. The van der Waals surface area contributed by atoms with Crippen LogP contribution < -0.4 is 5.32 Å². The van der Waals surface area contributed by atoms with Crippen molar-refractivity contribution in [2.75, 3.05) is 13.1 Å². The first-order valence-electron chi connectivity index (χ1n) is 4.26. The molecule has 0 aromatic carbocycles. The Bertz CT molecular complexity index is 314. The molecule has 1 N–H and O–H groups in total. The topological polar surface area (TPSA) is 72.7 Å². The lowest BCUT2D eigenvalue weighted by atomic mass is 10.0. The Labute approximate surface area is 75.3 Å². The van der Waals surface area contributed by atoms with Gasteiger partial charge in [-0.15, -0.1) is 10.2 Å². The molecule has 1 aromatic heterocycles. The van der Waals surface area contributed by atoms with E-state index < -0.39 is 0 Å². The SMILES string of the molecule is Cn1nnc(C(=O)C2CCNC2)n1. The third kappa shape index (κ3) is 1.57. The summed E-state index contributed by atoms with van der Waals surface area (Å²) in [6, 6.07) is 0. The number of ketones is 1. The van der Waals surface area contributed by atoms with Crippen LogP contribution >= 0.6 is 0 Å². The zero-order valence-corrected chi connectivity index (χ0v) is 7.40. The number of hydrogen-bond donors (Lipinski definition) is 1. The lowest BCUT2D eigenvalue weighted by molar-refractivity contribution is 0.0919. The quantitative estimate of drug-likeness (QED) is 0.592. The Morgan fingerprint density at radius 1 is 1.69 bits per heavy atom. The van der Waals surface area contributed by atoms with Crippen LogP contribution in [0.25, 0.3) is 0 Å². The summed E-state index contributed by atoms with van der Waals surface area (Å²) in [6.45, 7) is 1.63. The second-order valence-electron chi connectivity index (χ2n) is 3.16. The molecule has 1 aliphatic rings. The van der Waals surface area contributed by atoms with Crippen molar-refractivity contribution in [1.29, 1.82) is 0 Å². The summed E-state index contributed by atoms with van der Waals surface area (Å²) in [4.78, 5) is 12.9. The molecule has 1 unspecified atom stereocenters. The number of carbonyl (C=O) groups excluding carboxylic acids is 1. The molecule has 1 aliphatic heterocycles. The first-order valence-corrected chi connectivity index (χ1v) is 4.26. The summed E-state index contributed by atoms with van der Waals surface area (Å²) in [5.74, 6) is 0.262. The van der Waals surface area contributed by atoms with Crippen LogP contribution in [-0.2, 0) is 7.05 Å². The van der Waals surface area contributed by atoms with Gasteiger partial charge in [-0.05, 0) is 18.2 Å². The lowest BCUT2D eigenvalue weighted by Crippen LogP contribution is -2.19. The van der Waals surface area contributed by atoms with Crippen LogP contribution in [0.2, 0.25) is 0 Å². The highest BCUT2D eigenvalue weighted by molar-refractivity contribution is 5.94. The fourth-order valence-electron chi connectivity index (χ4n) is 1.44. The number of nitrogens with zero attached hydrogens (tertiary/aromatic N) is 4. The third-order valence-electron chi connectivity index (χ3n) is 2.16. The van der Waals surface area contributed by atoms with Gasteiger partial charge in [0, 0.05) is 12.5 Å². The number of Topliss-reactive ketones (excluding diaryl/α,β-unsaturated/α-hetero) is 1. The van der Waals surface area contributed by atoms with E-state index in [1.54, 1.807) is 7.05 Å². The summed E-state index contributed by atoms with van der Waals surface area (Å²) >= 11 is 0. The van der Waals surface area contributed by atoms with E-state index in [1.165, 1.54) is 4.80 Å². The molecule has 2 heterocycles. The summed E-state index contributed by atoms with van der Waals surface area (Å²) in [5, 5.41) is 14.3. The van der Waals surface area contributed by atoms with Crippen LogP contribution in [0, 0.1) is 5.92 Å². The fraction of sp³-hybridized carbons (Fsp3) is 0.714. The highest BCUT2D eigenvalue weighted by Gasteiger charge is 2.26. The van der Waals surface area contributed by atoms with E-state index in [0.29, 0.717) is 0 Å². The molecule has 2 rings (SSSR count). The van der Waals surface area contributed by atoms with E-state index in [4.69, 9.17) is 0 Å². The second-order valence-corrected chi connectivity index (χ2v) is 3.16. The van der Waals surface area contributed by atoms with Gasteiger partial charge < -0.3 is 5.32 Å². The zero-order valence-electron chi connectivity index (χ0n) is 7.40. The number of rotatable bonds is 2. The molecule has 0 saturated carbocycles. The number of tetrazole rings is 1. The molecular formula is C7H11N5O. The minimum Gasteiger partial charge on any atom is -0.316 e. The number of carbonyl (C=O) groups is 1. The molecule has 0 aliphatic carbocycles. The van der Waals surface area contributed by atoms with E-state index in [-0.39, 0.29) is 17.5 Å². The predicted octanol–water partition coefficient (Wildman–Crippen LogP) is -0.998. The minimum atomic E-state index is -0.00176. The van der Waals surface area contributed by atoms with Gasteiger partial charge in [-0.3, -0.25) is 4.79 Å². The van der Waals surface area contributed by atoms with Crippen molar-refractivity contribution >= 4 is 5.78 Å². The molecule has 1 saturated heterocycles. The lowest BCUT2D eigenvalue weighted by Gasteiger charge is -2.01. The van der Waals surface area contributed by atoms with E-state index in [0.717, 1.165) is 19.5 Å². The number of aromatic nitrogens is 4. The maximum absolute atomic E-state index is 11.6. The largest absolute Gasteiger partial charge is 0.316 e. The van der Waals surface area contributed by atoms with Crippen molar-refractivity contribution in [1.82, 2.24) is 25.5 Å². The van der Waals surface area contributed by atoms with Crippen molar-refractivity contribution in [2.24, 2.45) is 13.0 Å². The van der Waals surface area contributed by atoms with Crippen LogP contribution in [0.3, 0.4) is 0 Å². The van der Waals surface area contributed by atoms with Crippen molar-refractivity contribution < 1.29 is 4.79 Å². The van der Waals surface area contributed by atoms with Crippen LogP contribution in [0.15, 0.2) is 0 Å². The van der Waals surface area contributed by atoms with Crippen LogP contribution in [0.1, 0.15) is 17.0 Å². The van der Waals surface area contributed by atoms with Gasteiger partial charge in [-0.2, -0.15) is 4.80 Å². The van der Waals surface area contributed by atoms with Gasteiger partial charge in [0.2, 0.25) is 11.6 Å². The van der Waals surface area contributed by atoms with Gasteiger partial charge in [0.05, 0.1) is 7.05 Å². The van der Waals surface area contributed by atoms with Crippen molar-refractivity contribution in [2.45, 2.75) is 6.42 Å². The molecule has 1 atom stereocenters. The Hall–Kier alpha value is -1.30. The molecule has 13 heavy (non-hydrogen) atoms. The standard InChI is InChI=1S/C7H11N5O/c1-12-10-7(9-11-12)6(13)5-2-3-8-4-5/h5,8H,2-4H2,1H3. The molecule has 6 heteroatoms. The molecule has 0 bridgehead atoms. The molecule has 1 aromatic rings. The summed E-state index contributed by atoms with van der Waals surface area (Å²) < 4.78 is 0. The van der Waals surface area contributed by atoms with Crippen molar-refractivity contribution in [3.8, 4) is 0 Å². The van der Waals surface area contributed by atoms with Gasteiger partial charge >= 0.3 is 0 Å². The summed E-state index contributed by atoms with van der Waals surface area (Å²) in [5.41, 5.74) is 0. The molecule has 0 amide bonds. The van der Waals surface area contributed by atoms with Gasteiger partial charge in [0.1, 0.15) is 0 Å². The van der Waals surface area contributed by atoms with Crippen LogP contribution in [0.4, 0.5) is 0 Å². The van der Waals surface area contributed by atoms with Gasteiger partial charge in [-0.25, -0.2) is 0 Å². The van der Waals surface area contributed by atoms with E-state index in [1.807, 2.05) is 0 Å². The molecule has 6 nitrogen and oxygen atoms in total. The summed E-state index contributed by atoms with van der Waals surface area (Å²) in [7, 11) is 1.65. The normalized spacial score (nSPS) is 22.1. The Morgan fingerprint density at radius 3 is 3.08 bits per heavy atom. The highest BCUT2D eigenvalue weighted by Crippen LogP contribution is 2.11. The average molecular weight is 181 g/mol. The maximum atomic E-state index is 11.6. The highest BCUT2D eigenvalue weighted by atomic mass is 16.1. The number of aryl methyl sites for hydroxylation is 1. The van der Waals surface area contributed by atoms with Crippen LogP contribution in [-0.4, -0.2) is 39.1 Å². The number of nitrogens with one attached hydrogen (secondary N) is 1. The Balaban J connectivity index is 2.12. The Kier molecular flexibility index (Phi) is 2.05. The van der Waals surface area contributed by atoms with Crippen molar-refractivity contribution in [3.05, 3.63) is 5.82 Å². The maximum Gasteiger partial charge on any atom is 0.240 e. The van der Waals surface area contributed by atoms with E-state index in [2.05, 4.69) is 20.7 Å². The Morgan fingerprint density at radius 2 is 2.54 bits per heavy atom. The third-order valence-corrected chi connectivity index (χ3v) is 2.16. The van der Waals surface area contributed by atoms with Gasteiger partial charge in [0.25, 0.3) is 0 Å². The molecule has 0 spiro atoms. The monoisotopic (exact) mass is 181 g/mol. The fourth-order valence-corrected chi connectivity index (χ4v) is 1.44. The van der Waals surface area contributed by atoms with E-state index in [9.17, 15) is 4.79 Å². The van der Waals surface area contributed by atoms with Crippen molar-refractivity contribution in [3.63, 3.8) is 0 Å². The number of hydrogen-bond acceptors (Lipinski definition) is 5. The molecule has 1 fully saturated rings. The zero-order chi connectivity index (χ0) is 9.26. The van der Waals surface area contributed by atoms with Gasteiger partial charge in [0.15, 0.2) is 0 Å². The second kappa shape index (κ2) is 3.21. The minimum absolute atomic E-state index is 0.00176. The smallest absolute Gasteiger partial charge is 0.240 e. The predicted molar refractivity (Wildman–Crippen MR) is 44.1 cm³/mol.